The molecule has 9 heteroatoms. The third kappa shape index (κ3) is 4.16. The lowest BCUT2D eigenvalue weighted by atomic mass is 10.1. The number of anilines is 3. The fourth-order valence-corrected chi connectivity index (χ4v) is 4.21. The summed E-state index contributed by atoms with van der Waals surface area (Å²) >= 11 is 0. The maximum atomic E-state index is 14.6. The van der Waals surface area contributed by atoms with E-state index in [1.165, 1.54) is 6.07 Å². The highest BCUT2D eigenvalue weighted by Gasteiger charge is 2.25. The van der Waals surface area contributed by atoms with E-state index in [2.05, 4.69) is 39.6 Å². The van der Waals surface area contributed by atoms with Gasteiger partial charge in [0.05, 0.1) is 29.7 Å². The zero-order valence-electron chi connectivity index (χ0n) is 18.6. The number of carbonyl (C=O) groups excluding carboxylic acids is 1. The molecule has 1 aromatic heterocycles. The van der Waals surface area contributed by atoms with E-state index in [1.807, 2.05) is 6.07 Å². The number of primary amides is 1. The van der Waals surface area contributed by atoms with Crippen LogP contribution in [0.15, 0.2) is 30.3 Å². The molecule has 3 aromatic rings. The standard InChI is InChI=1S/C23H27FN6O2/c1-12-5-6-17(16(24)7-12)27-21-15-8-19(30-10-13(2)26-14(3)11-30)20(32-4)9-18(15)28-29-22(21)23(25)31/h5-9,13-14,26H,10-11H2,1-4H3,(H2,25,31)(H,27,28)/t13-,14+. The number of benzene rings is 2. The minimum Gasteiger partial charge on any atom is -0.495 e. The number of rotatable bonds is 5. The summed E-state index contributed by atoms with van der Waals surface area (Å²) in [5.74, 6) is -0.549. The Hall–Kier alpha value is -3.46. The predicted octanol–water partition coefficient (Wildman–Crippen LogP) is 3.12. The summed E-state index contributed by atoms with van der Waals surface area (Å²) in [6.07, 6.45) is 0. The Balaban J connectivity index is 1.90. The molecule has 0 radical (unpaired) electrons. The van der Waals surface area contributed by atoms with Crippen LogP contribution in [0.2, 0.25) is 0 Å². The fraction of sp³-hybridized carbons (Fsp3) is 0.348. The summed E-state index contributed by atoms with van der Waals surface area (Å²) in [7, 11) is 1.60. The summed E-state index contributed by atoms with van der Waals surface area (Å²) in [5, 5.41) is 15.3. The van der Waals surface area contributed by atoms with Gasteiger partial charge in [0.2, 0.25) is 0 Å². The van der Waals surface area contributed by atoms with E-state index >= 15 is 0 Å². The third-order valence-electron chi connectivity index (χ3n) is 5.58. The second-order valence-electron chi connectivity index (χ2n) is 8.31. The Bertz CT molecular complexity index is 1170. The predicted molar refractivity (Wildman–Crippen MR) is 123 cm³/mol. The van der Waals surface area contributed by atoms with Gasteiger partial charge in [-0.1, -0.05) is 6.07 Å². The molecule has 1 fully saturated rings. The Labute approximate surface area is 185 Å². The zero-order valence-corrected chi connectivity index (χ0v) is 18.6. The summed E-state index contributed by atoms with van der Waals surface area (Å²) in [4.78, 5) is 14.4. The lowest BCUT2D eigenvalue weighted by Crippen LogP contribution is -2.54. The van der Waals surface area contributed by atoms with Gasteiger partial charge >= 0.3 is 0 Å². The van der Waals surface area contributed by atoms with Crippen LogP contribution in [0.1, 0.15) is 29.9 Å². The van der Waals surface area contributed by atoms with Gasteiger partial charge in [-0.25, -0.2) is 4.39 Å². The first-order chi connectivity index (χ1) is 15.3. The van der Waals surface area contributed by atoms with Crippen LogP contribution in [0.4, 0.5) is 21.5 Å². The molecule has 2 atom stereocenters. The zero-order chi connectivity index (χ0) is 23.0. The van der Waals surface area contributed by atoms with Crippen LogP contribution < -0.4 is 26.0 Å². The first kappa shape index (κ1) is 21.8. The number of ether oxygens (including phenoxy) is 1. The number of aromatic nitrogens is 2. The third-order valence-corrected chi connectivity index (χ3v) is 5.58. The summed E-state index contributed by atoms with van der Waals surface area (Å²) in [6.45, 7) is 7.62. The van der Waals surface area contributed by atoms with Crippen molar-refractivity contribution in [2.75, 3.05) is 30.4 Å². The van der Waals surface area contributed by atoms with Gasteiger partial charge in [0.15, 0.2) is 5.69 Å². The lowest BCUT2D eigenvalue weighted by molar-refractivity contribution is 0.0995. The minimum atomic E-state index is -0.754. The molecule has 0 saturated carbocycles. The van der Waals surface area contributed by atoms with Crippen LogP contribution in [0.3, 0.4) is 0 Å². The second-order valence-corrected chi connectivity index (χ2v) is 8.31. The summed E-state index contributed by atoms with van der Waals surface area (Å²) in [6, 6.07) is 9.06. The summed E-state index contributed by atoms with van der Waals surface area (Å²) in [5.41, 5.74) is 8.19. The van der Waals surface area contributed by atoms with Crippen LogP contribution in [0.5, 0.6) is 5.75 Å². The van der Waals surface area contributed by atoms with Gasteiger partial charge in [-0.3, -0.25) is 4.79 Å². The molecule has 8 nitrogen and oxygen atoms in total. The van der Waals surface area contributed by atoms with Crippen molar-refractivity contribution in [3.05, 3.63) is 47.4 Å². The largest absolute Gasteiger partial charge is 0.495 e. The Kier molecular flexibility index (Phi) is 5.84. The molecule has 0 unspecified atom stereocenters. The van der Waals surface area contributed by atoms with Crippen LogP contribution in [-0.4, -0.2) is 48.4 Å². The second kappa shape index (κ2) is 8.58. The molecule has 1 saturated heterocycles. The number of aryl methyl sites for hydroxylation is 1. The van der Waals surface area contributed by atoms with Crippen molar-refractivity contribution in [1.82, 2.24) is 15.5 Å². The number of amides is 1. The number of hydrogen-bond acceptors (Lipinski definition) is 7. The van der Waals surface area contributed by atoms with E-state index in [9.17, 15) is 9.18 Å². The van der Waals surface area contributed by atoms with Crippen LogP contribution >= 0.6 is 0 Å². The van der Waals surface area contributed by atoms with Gasteiger partial charge in [0.25, 0.3) is 5.91 Å². The first-order valence-corrected chi connectivity index (χ1v) is 10.5. The van der Waals surface area contributed by atoms with Crippen LogP contribution in [0, 0.1) is 12.7 Å². The molecule has 2 aromatic carbocycles. The molecule has 0 spiro atoms. The average molecular weight is 439 g/mol. The number of carbonyl (C=O) groups is 1. The van der Waals surface area contributed by atoms with E-state index in [0.717, 1.165) is 24.3 Å². The van der Waals surface area contributed by atoms with Crippen molar-refractivity contribution in [2.45, 2.75) is 32.9 Å². The van der Waals surface area contributed by atoms with Gasteiger partial charge < -0.3 is 26.0 Å². The number of methoxy groups -OCH3 is 1. The van der Waals surface area contributed by atoms with Gasteiger partial charge in [-0.05, 0) is 44.5 Å². The Morgan fingerprint density at radius 1 is 1.22 bits per heavy atom. The molecular weight excluding hydrogens is 411 g/mol. The summed E-state index contributed by atoms with van der Waals surface area (Å²) < 4.78 is 20.2. The molecule has 0 bridgehead atoms. The molecule has 168 valence electrons. The van der Waals surface area contributed by atoms with Crippen molar-refractivity contribution < 1.29 is 13.9 Å². The molecule has 0 aliphatic carbocycles. The number of halogens is 1. The number of nitrogens with two attached hydrogens (primary N) is 1. The first-order valence-electron chi connectivity index (χ1n) is 10.5. The normalized spacial score (nSPS) is 18.6. The number of piperazine rings is 1. The minimum absolute atomic E-state index is 0.0596. The smallest absolute Gasteiger partial charge is 0.271 e. The highest BCUT2D eigenvalue weighted by Crippen LogP contribution is 2.38. The highest BCUT2D eigenvalue weighted by atomic mass is 19.1. The molecule has 1 aliphatic heterocycles. The Morgan fingerprint density at radius 3 is 2.56 bits per heavy atom. The van der Waals surface area contributed by atoms with Crippen molar-refractivity contribution in [3.8, 4) is 5.75 Å². The van der Waals surface area contributed by atoms with Crippen LogP contribution in [0.25, 0.3) is 10.9 Å². The Morgan fingerprint density at radius 2 is 1.94 bits per heavy atom. The van der Waals surface area contributed by atoms with Gasteiger partial charge in [-0.15, -0.1) is 10.2 Å². The number of hydrogen-bond donors (Lipinski definition) is 3. The van der Waals surface area contributed by atoms with Crippen molar-refractivity contribution in [2.24, 2.45) is 5.73 Å². The van der Waals surface area contributed by atoms with Crippen molar-refractivity contribution in [3.63, 3.8) is 0 Å². The molecule has 2 heterocycles. The monoisotopic (exact) mass is 438 g/mol. The molecule has 1 aliphatic rings. The van der Waals surface area contributed by atoms with E-state index in [4.69, 9.17) is 10.5 Å². The van der Waals surface area contributed by atoms with Gasteiger partial charge in [0, 0.05) is 36.6 Å². The molecule has 4 N–H and O–H groups in total. The number of nitrogens with one attached hydrogen (secondary N) is 2. The number of nitrogens with zero attached hydrogens (tertiary/aromatic N) is 3. The topological polar surface area (TPSA) is 105 Å². The highest BCUT2D eigenvalue weighted by molar-refractivity contribution is 6.07. The molecule has 1 amide bonds. The maximum absolute atomic E-state index is 14.6. The fourth-order valence-electron chi connectivity index (χ4n) is 4.21. The van der Waals surface area contributed by atoms with Crippen LogP contribution in [-0.2, 0) is 0 Å². The average Bonchev–Trinajstić information content (AvgIpc) is 2.73. The quantitative estimate of drug-likeness (QED) is 0.562. The maximum Gasteiger partial charge on any atom is 0.271 e. The molecule has 32 heavy (non-hydrogen) atoms. The van der Waals surface area contributed by atoms with E-state index in [0.29, 0.717) is 22.3 Å². The number of fused-ring (bicyclic) bond motifs is 1. The van der Waals surface area contributed by atoms with Gasteiger partial charge in [-0.2, -0.15) is 0 Å². The van der Waals surface area contributed by atoms with E-state index in [-0.39, 0.29) is 23.5 Å². The van der Waals surface area contributed by atoms with Crippen molar-refractivity contribution >= 4 is 33.9 Å². The SMILES string of the molecule is COc1cc2nnc(C(N)=O)c(Nc3ccc(C)cc3F)c2cc1N1C[C@@H](C)N[C@@H](C)C1. The molecule has 4 rings (SSSR count). The molecular formula is C23H27FN6O2. The lowest BCUT2D eigenvalue weighted by Gasteiger charge is -2.38. The van der Waals surface area contributed by atoms with Gasteiger partial charge in [0.1, 0.15) is 11.6 Å². The van der Waals surface area contributed by atoms with E-state index < -0.39 is 11.7 Å². The van der Waals surface area contributed by atoms with E-state index in [1.54, 1.807) is 32.2 Å². The van der Waals surface area contributed by atoms with Crippen molar-refractivity contribution in [1.29, 1.82) is 0 Å².